The molecule has 0 fully saturated rings. The predicted octanol–water partition coefficient (Wildman–Crippen LogP) is 8.12. The van der Waals surface area contributed by atoms with Crippen LogP contribution in [0.4, 0.5) is 0 Å². The Morgan fingerprint density at radius 2 is 1.33 bits per heavy atom. The number of rotatable bonds is 2. The number of nitrogens with zero attached hydrogens (tertiary/aromatic N) is 1. The van der Waals surface area contributed by atoms with Gasteiger partial charge in [-0.3, -0.25) is 0 Å². The van der Waals surface area contributed by atoms with Crippen molar-refractivity contribution in [3.8, 4) is 22.6 Å². The van der Waals surface area contributed by atoms with E-state index in [9.17, 15) is 0 Å². The van der Waals surface area contributed by atoms with Crippen LogP contribution in [-0.2, 0) is 0 Å². The second-order valence-corrected chi connectivity index (χ2v) is 7.84. The van der Waals surface area contributed by atoms with Crippen molar-refractivity contribution in [2.75, 3.05) is 0 Å². The van der Waals surface area contributed by atoms with Gasteiger partial charge in [0.15, 0.2) is 5.58 Å². The van der Waals surface area contributed by atoms with Gasteiger partial charge >= 0.3 is 0 Å². The molecule has 30 heavy (non-hydrogen) atoms. The molecule has 0 amide bonds. The van der Waals surface area contributed by atoms with Crippen LogP contribution in [0.3, 0.4) is 0 Å². The average Bonchev–Trinajstić information content (AvgIpc) is 3.24. The molecule has 0 aliphatic heterocycles. The van der Waals surface area contributed by atoms with Crippen molar-refractivity contribution in [1.29, 1.82) is 0 Å². The van der Waals surface area contributed by atoms with Crippen LogP contribution >= 0.6 is 11.6 Å². The summed E-state index contributed by atoms with van der Waals surface area (Å²) in [5, 5.41) is 5.13. The molecular formula is C27H16ClNO. The third-order valence-electron chi connectivity index (χ3n) is 5.55. The molecule has 0 spiro atoms. The normalized spacial score (nSPS) is 11.5. The predicted molar refractivity (Wildman–Crippen MR) is 125 cm³/mol. The summed E-state index contributed by atoms with van der Waals surface area (Å²) < 4.78 is 6.31. The summed E-state index contributed by atoms with van der Waals surface area (Å²) >= 11 is 6.19. The van der Waals surface area contributed by atoms with E-state index in [0.717, 1.165) is 43.2 Å². The molecule has 0 saturated heterocycles. The molecule has 1 aromatic heterocycles. The lowest BCUT2D eigenvalue weighted by molar-refractivity contribution is 0.623. The Kier molecular flexibility index (Phi) is 3.87. The van der Waals surface area contributed by atoms with Gasteiger partial charge in [0, 0.05) is 16.0 Å². The monoisotopic (exact) mass is 405 g/mol. The molecule has 3 heteroatoms. The number of aromatic nitrogens is 1. The van der Waals surface area contributed by atoms with Crippen LogP contribution in [0.5, 0.6) is 0 Å². The van der Waals surface area contributed by atoms with E-state index in [0.29, 0.717) is 5.89 Å². The van der Waals surface area contributed by atoms with Crippen molar-refractivity contribution in [3.63, 3.8) is 0 Å². The lowest BCUT2D eigenvalue weighted by Gasteiger charge is -2.04. The molecule has 0 aliphatic rings. The fraction of sp³-hybridized carbons (Fsp3) is 0. The molecule has 6 rings (SSSR count). The highest BCUT2D eigenvalue weighted by molar-refractivity contribution is 6.32. The molecule has 0 bridgehead atoms. The van der Waals surface area contributed by atoms with Gasteiger partial charge in [-0.05, 0) is 57.6 Å². The van der Waals surface area contributed by atoms with Crippen molar-refractivity contribution in [2.24, 2.45) is 0 Å². The second kappa shape index (κ2) is 6.72. The third-order valence-corrected chi connectivity index (χ3v) is 5.79. The fourth-order valence-corrected chi connectivity index (χ4v) is 4.24. The largest absolute Gasteiger partial charge is 0.435 e. The SMILES string of the molecule is Clc1ccc2c(ccc3ccc4nc(-c5ccc(-c6ccccc6)cc5)oc4c32)c1. The van der Waals surface area contributed by atoms with Crippen LogP contribution < -0.4 is 0 Å². The Hall–Kier alpha value is -3.62. The topological polar surface area (TPSA) is 26.0 Å². The molecule has 0 N–H and O–H groups in total. The van der Waals surface area contributed by atoms with Crippen molar-refractivity contribution < 1.29 is 4.42 Å². The van der Waals surface area contributed by atoms with Gasteiger partial charge < -0.3 is 4.42 Å². The van der Waals surface area contributed by atoms with Gasteiger partial charge in [0.25, 0.3) is 0 Å². The summed E-state index contributed by atoms with van der Waals surface area (Å²) in [6, 6.07) is 32.9. The number of benzene rings is 5. The molecule has 142 valence electrons. The maximum absolute atomic E-state index is 6.31. The summed E-state index contributed by atoms with van der Waals surface area (Å²) in [4.78, 5) is 4.77. The first-order valence-corrected chi connectivity index (χ1v) is 10.2. The van der Waals surface area contributed by atoms with Gasteiger partial charge in [-0.15, -0.1) is 0 Å². The number of fused-ring (bicyclic) bond motifs is 5. The maximum atomic E-state index is 6.31. The van der Waals surface area contributed by atoms with Crippen LogP contribution in [0.15, 0.2) is 101 Å². The minimum atomic E-state index is 0.628. The van der Waals surface area contributed by atoms with E-state index in [1.165, 1.54) is 11.1 Å². The van der Waals surface area contributed by atoms with E-state index in [4.69, 9.17) is 21.0 Å². The molecule has 0 radical (unpaired) electrons. The van der Waals surface area contributed by atoms with Gasteiger partial charge in [0.05, 0.1) is 0 Å². The fourth-order valence-electron chi connectivity index (χ4n) is 4.06. The van der Waals surface area contributed by atoms with Crippen LogP contribution in [0.25, 0.3) is 55.2 Å². The highest BCUT2D eigenvalue weighted by atomic mass is 35.5. The minimum absolute atomic E-state index is 0.628. The lowest BCUT2D eigenvalue weighted by Crippen LogP contribution is -1.80. The smallest absolute Gasteiger partial charge is 0.227 e. The van der Waals surface area contributed by atoms with Gasteiger partial charge in [0.2, 0.25) is 5.89 Å². The summed E-state index contributed by atoms with van der Waals surface area (Å²) in [6.45, 7) is 0. The first-order chi connectivity index (χ1) is 14.8. The number of halogens is 1. The van der Waals surface area contributed by atoms with Gasteiger partial charge in [0.1, 0.15) is 5.52 Å². The highest BCUT2D eigenvalue weighted by Crippen LogP contribution is 2.35. The Morgan fingerprint density at radius 3 is 2.17 bits per heavy atom. The molecule has 0 unspecified atom stereocenters. The zero-order valence-electron chi connectivity index (χ0n) is 16.0. The van der Waals surface area contributed by atoms with E-state index in [2.05, 4.69) is 60.7 Å². The number of oxazole rings is 1. The molecule has 6 aromatic rings. The van der Waals surface area contributed by atoms with E-state index >= 15 is 0 Å². The first-order valence-electron chi connectivity index (χ1n) is 9.84. The van der Waals surface area contributed by atoms with Gasteiger partial charge in [-0.1, -0.05) is 78.3 Å². The first kappa shape index (κ1) is 17.3. The van der Waals surface area contributed by atoms with E-state index < -0.39 is 0 Å². The van der Waals surface area contributed by atoms with Crippen LogP contribution in [0.2, 0.25) is 5.02 Å². The molecule has 0 saturated carbocycles. The van der Waals surface area contributed by atoms with Crippen LogP contribution in [0.1, 0.15) is 0 Å². The van der Waals surface area contributed by atoms with E-state index in [-0.39, 0.29) is 0 Å². The molecule has 0 atom stereocenters. The van der Waals surface area contributed by atoms with E-state index in [1.807, 2.05) is 36.4 Å². The molecule has 1 heterocycles. The zero-order chi connectivity index (χ0) is 20.1. The summed E-state index contributed by atoms with van der Waals surface area (Å²) in [5.41, 5.74) is 4.98. The summed E-state index contributed by atoms with van der Waals surface area (Å²) in [7, 11) is 0. The Morgan fingerprint density at radius 1 is 0.633 bits per heavy atom. The lowest BCUT2D eigenvalue weighted by atomic mass is 10.0. The third kappa shape index (κ3) is 2.77. The van der Waals surface area contributed by atoms with E-state index in [1.54, 1.807) is 0 Å². The number of hydrogen-bond acceptors (Lipinski definition) is 2. The zero-order valence-corrected chi connectivity index (χ0v) is 16.7. The summed E-state index contributed by atoms with van der Waals surface area (Å²) in [6.07, 6.45) is 0. The maximum Gasteiger partial charge on any atom is 0.227 e. The van der Waals surface area contributed by atoms with Crippen LogP contribution in [0, 0.1) is 0 Å². The Balaban J connectivity index is 1.52. The minimum Gasteiger partial charge on any atom is -0.435 e. The highest BCUT2D eigenvalue weighted by Gasteiger charge is 2.13. The molecule has 2 nitrogen and oxygen atoms in total. The number of hydrogen-bond donors (Lipinski definition) is 0. The van der Waals surface area contributed by atoms with Crippen molar-refractivity contribution in [3.05, 3.63) is 102 Å². The van der Waals surface area contributed by atoms with Gasteiger partial charge in [-0.25, -0.2) is 4.98 Å². The average molecular weight is 406 g/mol. The second-order valence-electron chi connectivity index (χ2n) is 7.41. The van der Waals surface area contributed by atoms with Gasteiger partial charge in [-0.2, -0.15) is 0 Å². The summed E-state index contributed by atoms with van der Waals surface area (Å²) in [5.74, 6) is 0.628. The quantitative estimate of drug-likeness (QED) is 0.272. The Bertz CT molecular complexity index is 1530. The van der Waals surface area contributed by atoms with Crippen molar-refractivity contribution >= 4 is 44.2 Å². The Labute approximate surface area is 178 Å². The van der Waals surface area contributed by atoms with Crippen molar-refractivity contribution in [1.82, 2.24) is 4.98 Å². The van der Waals surface area contributed by atoms with Crippen LogP contribution in [-0.4, -0.2) is 4.98 Å². The van der Waals surface area contributed by atoms with Crippen molar-refractivity contribution in [2.45, 2.75) is 0 Å². The standard InChI is InChI=1S/C27H16ClNO/c28-22-13-14-23-21(16-22)11-8-19-12-15-24-26(25(19)23)30-27(29-24)20-9-6-18(7-10-20)17-4-2-1-3-5-17/h1-16H. The molecule has 5 aromatic carbocycles. The molecular weight excluding hydrogens is 390 g/mol. The molecule has 0 aliphatic carbocycles.